The summed E-state index contributed by atoms with van der Waals surface area (Å²) >= 11 is 0. The third-order valence-electron chi connectivity index (χ3n) is 6.69. The van der Waals surface area contributed by atoms with Gasteiger partial charge in [-0.25, -0.2) is 0 Å². The molecule has 0 N–H and O–H groups in total. The molecule has 2 aliphatic heterocycles. The zero-order valence-corrected chi connectivity index (χ0v) is 18.1. The van der Waals surface area contributed by atoms with Crippen LogP contribution in [0.5, 0.6) is 0 Å². The van der Waals surface area contributed by atoms with Crippen molar-refractivity contribution in [2.45, 2.75) is 25.2 Å². The van der Waals surface area contributed by atoms with E-state index in [4.69, 9.17) is 4.52 Å². The molecule has 3 aromatic rings. The van der Waals surface area contributed by atoms with Crippen LogP contribution in [0.2, 0.25) is 0 Å². The van der Waals surface area contributed by atoms with Crippen molar-refractivity contribution in [3.05, 3.63) is 83.5 Å². The number of rotatable bonds is 5. The first-order valence-electron chi connectivity index (χ1n) is 11.0. The standard InChI is InChI=1S/C25H26N4O3/c1-18-26-24(32-27-18)25-16-28(22(30)13-12-19-8-4-2-5-9-19)14-21(25)15-29(17-25)23(31)20-10-6-3-7-11-20/h2-11,21H,12-17H2,1H3. The van der Waals surface area contributed by atoms with E-state index in [1.165, 1.54) is 0 Å². The number of amides is 2. The van der Waals surface area contributed by atoms with Gasteiger partial charge in [0.15, 0.2) is 5.82 Å². The average Bonchev–Trinajstić information content (AvgIpc) is 3.51. The lowest BCUT2D eigenvalue weighted by atomic mass is 9.81. The van der Waals surface area contributed by atoms with Gasteiger partial charge in [0, 0.05) is 44.1 Å². The van der Waals surface area contributed by atoms with E-state index in [0.29, 0.717) is 56.3 Å². The van der Waals surface area contributed by atoms with E-state index in [1.807, 2.05) is 70.5 Å². The smallest absolute Gasteiger partial charge is 0.253 e. The van der Waals surface area contributed by atoms with Crippen LogP contribution in [0.3, 0.4) is 0 Å². The molecule has 2 atom stereocenters. The molecule has 2 amide bonds. The highest BCUT2D eigenvalue weighted by Gasteiger charge is 2.58. The topological polar surface area (TPSA) is 79.5 Å². The number of aryl methyl sites for hydroxylation is 2. The van der Waals surface area contributed by atoms with Crippen LogP contribution in [0.4, 0.5) is 0 Å². The predicted molar refractivity (Wildman–Crippen MR) is 118 cm³/mol. The molecule has 2 aliphatic rings. The molecule has 0 aliphatic carbocycles. The summed E-state index contributed by atoms with van der Waals surface area (Å²) in [4.78, 5) is 34.5. The van der Waals surface area contributed by atoms with Crippen LogP contribution < -0.4 is 0 Å². The van der Waals surface area contributed by atoms with Gasteiger partial charge in [-0.1, -0.05) is 53.7 Å². The Hall–Kier alpha value is -3.48. The van der Waals surface area contributed by atoms with Gasteiger partial charge in [0.1, 0.15) is 0 Å². The summed E-state index contributed by atoms with van der Waals surface area (Å²) < 4.78 is 5.61. The van der Waals surface area contributed by atoms with Gasteiger partial charge in [-0.05, 0) is 31.0 Å². The van der Waals surface area contributed by atoms with E-state index in [-0.39, 0.29) is 17.7 Å². The lowest BCUT2D eigenvalue weighted by Crippen LogP contribution is -2.41. The van der Waals surface area contributed by atoms with Crippen molar-refractivity contribution in [2.24, 2.45) is 5.92 Å². The molecular weight excluding hydrogens is 404 g/mol. The summed E-state index contributed by atoms with van der Waals surface area (Å²) in [6, 6.07) is 19.4. The Bertz CT molecular complexity index is 1110. The van der Waals surface area contributed by atoms with E-state index in [1.54, 1.807) is 6.92 Å². The zero-order valence-electron chi connectivity index (χ0n) is 18.1. The van der Waals surface area contributed by atoms with Crippen molar-refractivity contribution >= 4 is 11.8 Å². The van der Waals surface area contributed by atoms with Gasteiger partial charge in [-0.3, -0.25) is 9.59 Å². The van der Waals surface area contributed by atoms with Crippen molar-refractivity contribution < 1.29 is 14.1 Å². The van der Waals surface area contributed by atoms with Gasteiger partial charge in [-0.15, -0.1) is 0 Å². The summed E-state index contributed by atoms with van der Waals surface area (Å²) in [5.74, 6) is 1.28. The highest BCUT2D eigenvalue weighted by Crippen LogP contribution is 2.44. The first-order chi connectivity index (χ1) is 15.5. The highest BCUT2D eigenvalue weighted by atomic mass is 16.5. The Morgan fingerprint density at radius 3 is 2.34 bits per heavy atom. The summed E-state index contributed by atoms with van der Waals surface area (Å²) in [5.41, 5.74) is 1.30. The minimum Gasteiger partial charge on any atom is -0.341 e. The molecule has 2 fully saturated rings. The Kier molecular flexibility index (Phi) is 5.25. The number of nitrogens with zero attached hydrogens (tertiary/aromatic N) is 4. The number of aromatic nitrogens is 2. The molecule has 0 spiro atoms. The maximum Gasteiger partial charge on any atom is 0.253 e. The molecule has 7 heteroatoms. The van der Waals surface area contributed by atoms with Gasteiger partial charge >= 0.3 is 0 Å². The number of fused-ring (bicyclic) bond motifs is 1. The lowest BCUT2D eigenvalue weighted by molar-refractivity contribution is -0.130. The SMILES string of the molecule is Cc1noc(C23CN(C(=O)CCc4ccccc4)CC2CN(C(=O)c2ccccc2)C3)n1. The fraction of sp³-hybridized carbons (Fsp3) is 0.360. The fourth-order valence-corrected chi connectivity index (χ4v) is 5.03. The predicted octanol–water partition coefficient (Wildman–Crippen LogP) is 2.86. The molecular formula is C25H26N4O3. The first kappa shape index (κ1) is 20.4. The van der Waals surface area contributed by atoms with E-state index in [0.717, 1.165) is 5.56 Å². The fourth-order valence-electron chi connectivity index (χ4n) is 5.03. The second kappa shape index (κ2) is 8.22. The number of hydrogen-bond acceptors (Lipinski definition) is 5. The number of hydrogen-bond donors (Lipinski definition) is 0. The molecule has 32 heavy (non-hydrogen) atoms. The zero-order chi connectivity index (χ0) is 22.1. The Balaban J connectivity index is 1.35. The normalized spacial score (nSPS) is 22.2. The molecule has 3 heterocycles. The second-order valence-corrected chi connectivity index (χ2v) is 8.81. The molecule has 2 unspecified atom stereocenters. The third kappa shape index (κ3) is 3.68. The Morgan fingerprint density at radius 1 is 1.00 bits per heavy atom. The van der Waals surface area contributed by atoms with Crippen LogP contribution in [-0.4, -0.2) is 57.9 Å². The van der Waals surface area contributed by atoms with Crippen LogP contribution in [0.1, 0.15) is 34.1 Å². The minimum absolute atomic E-state index is 0.00225. The molecule has 164 valence electrons. The van der Waals surface area contributed by atoms with E-state index >= 15 is 0 Å². The van der Waals surface area contributed by atoms with E-state index in [2.05, 4.69) is 10.1 Å². The summed E-state index contributed by atoms with van der Waals surface area (Å²) in [6.45, 7) is 3.91. The number of benzene rings is 2. The van der Waals surface area contributed by atoms with Crippen molar-refractivity contribution in [1.29, 1.82) is 0 Å². The first-order valence-corrected chi connectivity index (χ1v) is 11.0. The molecule has 7 nitrogen and oxygen atoms in total. The largest absolute Gasteiger partial charge is 0.341 e. The van der Waals surface area contributed by atoms with Crippen LogP contribution >= 0.6 is 0 Å². The van der Waals surface area contributed by atoms with Crippen molar-refractivity contribution in [1.82, 2.24) is 19.9 Å². The lowest BCUT2D eigenvalue weighted by Gasteiger charge is -2.26. The Morgan fingerprint density at radius 2 is 1.66 bits per heavy atom. The Labute approximate surface area is 187 Å². The van der Waals surface area contributed by atoms with Crippen LogP contribution in [0, 0.1) is 12.8 Å². The van der Waals surface area contributed by atoms with E-state index < -0.39 is 5.41 Å². The molecule has 0 radical (unpaired) electrons. The van der Waals surface area contributed by atoms with Gasteiger partial charge in [0.05, 0.1) is 5.41 Å². The molecule has 1 aromatic heterocycles. The summed E-state index contributed by atoms with van der Waals surface area (Å²) in [7, 11) is 0. The van der Waals surface area contributed by atoms with Gasteiger partial charge in [-0.2, -0.15) is 4.98 Å². The summed E-state index contributed by atoms with van der Waals surface area (Å²) in [6.07, 6.45) is 1.18. The monoisotopic (exact) mass is 430 g/mol. The van der Waals surface area contributed by atoms with Crippen LogP contribution in [0.15, 0.2) is 65.2 Å². The second-order valence-electron chi connectivity index (χ2n) is 8.81. The van der Waals surface area contributed by atoms with Gasteiger partial charge in [0.2, 0.25) is 11.8 Å². The van der Waals surface area contributed by atoms with Crippen LogP contribution in [-0.2, 0) is 16.6 Å². The van der Waals surface area contributed by atoms with Gasteiger partial charge < -0.3 is 14.3 Å². The molecule has 2 saturated heterocycles. The maximum absolute atomic E-state index is 13.1. The van der Waals surface area contributed by atoms with Crippen molar-refractivity contribution in [2.75, 3.05) is 26.2 Å². The van der Waals surface area contributed by atoms with Gasteiger partial charge in [0.25, 0.3) is 5.91 Å². The quantitative estimate of drug-likeness (QED) is 0.622. The third-order valence-corrected chi connectivity index (χ3v) is 6.69. The highest BCUT2D eigenvalue weighted by molar-refractivity contribution is 5.94. The van der Waals surface area contributed by atoms with Crippen LogP contribution in [0.25, 0.3) is 0 Å². The minimum atomic E-state index is -0.520. The van der Waals surface area contributed by atoms with E-state index in [9.17, 15) is 9.59 Å². The van der Waals surface area contributed by atoms with Crippen molar-refractivity contribution in [3.63, 3.8) is 0 Å². The molecule has 0 bridgehead atoms. The van der Waals surface area contributed by atoms with Crippen molar-refractivity contribution in [3.8, 4) is 0 Å². The molecule has 0 saturated carbocycles. The number of carbonyl (C=O) groups excluding carboxylic acids is 2. The summed E-state index contributed by atoms with van der Waals surface area (Å²) in [5, 5.41) is 4.00. The molecule has 5 rings (SSSR count). The number of likely N-dealkylation sites (tertiary alicyclic amines) is 2. The number of carbonyl (C=O) groups is 2. The average molecular weight is 431 g/mol. The molecule has 2 aromatic carbocycles. The maximum atomic E-state index is 13.1.